The van der Waals surface area contributed by atoms with E-state index < -0.39 is 0 Å². The third-order valence-electron chi connectivity index (χ3n) is 6.97. The number of unbranched alkanes of at least 4 members (excludes halogenated alkanes) is 14. The van der Waals surface area contributed by atoms with Gasteiger partial charge in [0.15, 0.2) is 0 Å². The number of hydrogen-bond donors (Lipinski definition) is 0. The second-order valence-electron chi connectivity index (χ2n) is 9.65. The average molecular weight is 396 g/mol. The van der Waals surface area contributed by atoms with E-state index in [0.29, 0.717) is 6.04 Å². The zero-order valence-corrected chi connectivity index (χ0v) is 20.1. The number of ether oxygens (including phenoxy) is 1. The monoisotopic (exact) mass is 395 g/mol. The van der Waals surface area contributed by atoms with Crippen molar-refractivity contribution in [3.63, 3.8) is 0 Å². The fourth-order valence-corrected chi connectivity index (χ4v) is 4.99. The van der Waals surface area contributed by atoms with Crippen LogP contribution in [0.5, 0.6) is 0 Å². The first-order chi connectivity index (χ1) is 13.6. The lowest BCUT2D eigenvalue weighted by Gasteiger charge is -2.47. The van der Waals surface area contributed by atoms with Crippen LogP contribution in [0.1, 0.15) is 136 Å². The Morgan fingerprint density at radius 3 is 1.71 bits per heavy atom. The van der Waals surface area contributed by atoms with Crippen molar-refractivity contribution in [2.24, 2.45) is 0 Å². The molecule has 2 atom stereocenters. The van der Waals surface area contributed by atoms with Gasteiger partial charge >= 0.3 is 0 Å². The van der Waals surface area contributed by atoms with E-state index in [2.05, 4.69) is 32.7 Å². The van der Waals surface area contributed by atoms with Gasteiger partial charge in [-0.2, -0.15) is 0 Å². The van der Waals surface area contributed by atoms with E-state index >= 15 is 0 Å². The number of hydrogen-bond acceptors (Lipinski definition) is 2. The van der Waals surface area contributed by atoms with E-state index in [0.717, 1.165) is 13.2 Å². The molecule has 0 aromatic carbocycles. The first-order valence-corrected chi connectivity index (χ1v) is 13.0. The molecule has 0 aromatic heterocycles. The van der Waals surface area contributed by atoms with Crippen molar-refractivity contribution in [1.82, 2.24) is 4.90 Å². The Kier molecular flexibility index (Phi) is 15.5. The second-order valence-corrected chi connectivity index (χ2v) is 9.65. The standard InChI is InChI=1S/C26H53NO/c1-5-7-9-11-13-15-17-19-21-25-26(3,28-24-23-27(25)4)22-20-18-16-14-12-10-8-6-2/h25H,5-24H2,1-4H3. The summed E-state index contributed by atoms with van der Waals surface area (Å²) >= 11 is 0. The van der Waals surface area contributed by atoms with Gasteiger partial charge in [-0.15, -0.1) is 0 Å². The van der Waals surface area contributed by atoms with Crippen LogP contribution in [0, 0.1) is 0 Å². The van der Waals surface area contributed by atoms with E-state index in [1.165, 1.54) is 116 Å². The maximum Gasteiger partial charge on any atom is 0.0809 e. The van der Waals surface area contributed by atoms with Crippen LogP contribution in [0.2, 0.25) is 0 Å². The highest BCUT2D eigenvalue weighted by Crippen LogP contribution is 2.33. The van der Waals surface area contributed by atoms with Crippen LogP contribution in [0.4, 0.5) is 0 Å². The second kappa shape index (κ2) is 16.7. The van der Waals surface area contributed by atoms with Crippen molar-refractivity contribution in [3.8, 4) is 0 Å². The van der Waals surface area contributed by atoms with Crippen molar-refractivity contribution in [2.75, 3.05) is 20.2 Å². The Balaban J connectivity index is 2.21. The van der Waals surface area contributed by atoms with Gasteiger partial charge in [-0.05, 0) is 26.8 Å². The summed E-state index contributed by atoms with van der Waals surface area (Å²) in [6.45, 7) is 9.02. The molecule has 168 valence electrons. The highest BCUT2D eigenvalue weighted by molar-refractivity contribution is 4.93. The molecular weight excluding hydrogens is 342 g/mol. The summed E-state index contributed by atoms with van der Waals surface area (Å²) in [5, 5.41) is 0. The number of rotatable bonds is 18. The maximum atomic E-state index is 6.39. The Labute approximate surface area is 178 Å². The van der Waals surface area contributed by atoms with Crippen LogP contribution in [-0.2, 0) is 4.74 Å². The van der Waals surface area contributed by atoms with Crippen LogP contribution in [0.15, 0.2) is 0 Å². The van der Waals surface area contributed by atoms with Crippen LogP contribution < -0.4 is 0 Å². The lowest BCUT2D eigenvalue weighted by Crippen LogP contribution is -2.56. The van der Waals surface area contributed by atoms with Crippen LogP contribution in [-0.4, -0.2) is 36.7 Å². The molecule has 0 N–H and O–H groups in total. The molecule has 2 heteroatoms. The summed E-state index contributed by atoms with van der Waals surface area (Å²) in [4.78, 5) is 2.59. The summed E-state index contributed by atoms with van der Waals surface area (Å²) < 4.78 is 6.39. The quantitative estimate of drug-likeness (QED) is 0.217. The van der Waals surface area contributed by atoms with Gasteiger partial charge < -0.3 is 4.74 Å². The number of nitrogens with zero attached hydrogens (tertiary/aromatic N) is 1. The largest absolute Gasteiger partial charge is 0.372 e. The molecular formula is C26H53NO. The van der Waals surface area contributed by atoms with Crippen LogP contribution in [0.25, 0.3) is 0 Å². The summed E-state index contributed by atoms with van der Waals surface area (Å²) in [6.07, 6.45) is 25.1. The highest BCUT2D eigenvalue weighted by Gasteiger charge is 2.39. The van der Waals surface area contributed by atoms with E-state index in [-0.39, 0.29) is 5.60 Å². The fourth-order valence-electron chi connectivity index (χ4n) is 4.99. The predicted octanol–water partition coefficient (Wildman–Crippen LogP) is 8.14. The van der Waals surface area contributed by atoms with Crippen molar-refractivity contribution < 1.29 is 4.74 Å². The van der Waals surface area contributed by atoms with Gasteiger partial charge in [0.2, 0.25) is 0 Å². The van der Waals surface area contributed by atoms with Gasteiger partial charge in [-0.3, -0.25) is 4.90 Å². The molecule has 0 saturated carbocycles. The minimum Gasteiger partial charge on any atom is -0.372 e. The van der Waals surface area contributed by atoms with Gasteiger partial charge in [0.1, 0.15) is 0 Å². The van der Waals surface area contributed by atoms with Crippen molar-refractivity contribution in [3.05, 3.63) is 0 Å². The smallest absolute Gasteiger partial charge is 0.0809 e. The molecule has 2 unspecified atom stereocenters. The van der Waals surface area contributed by atoms with Gasteiger partial charge in [0.25, 0.3) is 0 Å². The molecule has 0 bridgehead atoms. The van der Waals surface area contributed by atoms with E-state index in [9.17, 15) is 0 Å². The van der Waals surface area contributed by atoms with E-state index in [1.807, 2.05) is 0 Å². The third-order valence-corrected chi connectivity index (χ3v) is 6.97. The Morgan fingerprint density at radius 1 is 0.714 bits per heavy atom. The molecule has 1 aliphatic heterocycles. The molecule has 0 amide bonds. The average Bonchev–Trinajstić information content (AvgIpc) is 2.68. The van der Waals surface area contributed by atoms with E-state index in [1.54, 1.807) is 0 Å². The zero-order valence-electron chi connectivity index (χ0n) is 20.1. The van der Waals surface area contributed by atoms with Crippen LogP contribution in [0.3, 0.4) is 0 Å². The lowest BCUT2D eigenvalue weighted by atomic mass is 9.84. The Morgan fingerprint density at radius 2 is 1.18 bits per heavy atom. The summed E-state index contributed by atoms with van der Waals surface area (Å²) in [6, 6.07) is 0.617. The van der Waals surface area contributed by atoms with Gasteiger partial charge in [0, 0.05) is 12.6 Å². The molecule has 28 heavy (non-hydrogen) atoms. The molecule has 0 radical (unpaired) electrons. The van der Waals surface area contributed by atoms with Gasteiger partial charge in [-0.25, -0.2) is 0 Å². The first-order valence-electron chi connectivity index (χ1n) is 13.0. The predicted molar refractivity (Wildman–Crippen MR) is 125 cm³/mol. The third kappa shape index (κ3) is 11.2. The molecule has 0 aliphatic carbocycles. The Bertz CT molecular complexity index is 345. The fraction of sp³-hybridized carbons (Fsp3) is 1.00. The summed E-state index contributed by atoms with van der Waals surface area (Å²) in [5.41, 5.74) is 0.0797. The molecule has 0 spiro atoms. The van der Waals surface area contributed by atoms with E-state index in [4.69, 9.17) is 4.74 Å². The molecule has 1 saturated heterocycles. The normalized spacial score (nSPS) is 23.4. The number of morpholine rings is 1. The van der Waals surface area contributed by atoms with Gasteiger partial charge in [0.05, 0.1) is 12.2 Å². The lowest BCUT2D eigenvalue weighted by molar-refractivity contribution is -0.138. The molecule has 1 rings (SSSR count). The highest BCUT2D eigenvalue weighted by atomic mass is 16.5. The van der Waals surface area contributed by atoms with Gasteiger partial charge in [-0.1, -0.05) is 117 Å². The minimum atomic E-state index is 0.0797. The molecule has 2 nitrogen and oxygen atoms in total. The zero-order chi connectivity index (χ0) is 20.5. The summed E-state index contributed by atoms with van der Waals surface area (Å²) in [7, 11) is 2.32. The Hall–Kier alpha value is -0.0800. The molecule has 1 heterocycles. The van der Waals surface area contributed by atoms with Crippen molar-refractivity contribution >= 4 is 0 Å². The maximum absolute atomic E-state index is 6.39. The topological polar surface area (TPSA) is 12.5 Å². The first kappa shape index (κ1) is 26.0. The van der Waals surface area contributed by atoms with Crippen molar-refractivity contribution in [2.45, 2.75) is 148 Å². The summed E-state index contributed by atoms with van der Waals surface area (Å²) in [5.74, 6) is 0. The van der Waals surface area contributed by atoms with Crippen molar-refractivity contribution in [1.29, 1.82) is 0 Å². The molecule has 0 aromatic rings. The minimum absolute atomic E-state index is 0.0797. The molecule has 1 fully saturated rings. The number of likely N-dealkylation sites (N-methyl/N-ethyl adjacent to an activating group) is 1. The van der Waals surface area contributed by atoms with Crippen LogP contribution >= 0.6 is 0 Å². The SMILES string of the molecule is CCCCCCCCCCC1N(C)CCOC1(C)CCCCCCCCCC. The molecule has 1 aliphatic rings.